The van der Waals surface area contributed by atoms with E-state index in [-0.39, 0.29) is 0 Å². The van der Waals surface area contributed by atoms with Crippen LogP contribution in [-0.2, 0) is 0 Å². The molecular weight excluding hydrogens is 170 g/mol. The molecule has 0 aliphatic carbocycles. The van der Waals surface area contributed by atoms with Gasteiger partial charge in [-0.25, -0.2) is 0 Å². The van der Waals surface area contributed by atoms with Crippen molar-refractivity contribution >= 4 is 17.8 Å². The Morgan fingerprint density at radius 3 is 2.50 bits per heavy atom. The minimum atomic E-state index is 1.19. The van der Waals surface area contributed by atoms with Crippen LogP contribution < -0.4 is 4.90 Å². The fourth-order valence-electron chi connectivity index (χ4n) is 1.51. The number of nitrogens with zero attached hydrogens (tertiary/aromatic N) is 1. The van der Waals surface area contributed by atoms with E-state index in [1.807, 2.05) is 33.2 Å². The third-order valence-corrected chi connectivity index (χ3v) is 2.15. The van der Waals surface area contributed by atoms with Gasteiger partial charge in [-0.3, -0.25) is 0 Å². The predicted octanol–water partition coefficient (Wildman–Crippen LogP) is 3.43. The first-order valence-corrected chi connectivity index (χ1v) is 4.76. The van der Waals surface area contributed by atoms with E-state index in [9.17, 15) is 0 Å². The summed E-state index contributed by atoms with van der Waals surface area (Å²) in [5, 5.41) is 0. The van der Waals surface area contributed by atoms with Crippen molar-refractivity contribution < 1.29 is 0 Å². The van der Waals surface area contributed by atoms with Crippen LogP contribution in [0, 0.1) is 0 Å². The molecule has 1 heteroatoms. The molecule has 0 saturated heterocycles. The number of allylic oxidation sites excluding steroid dienone is 1. The van der Waals surface area contributed by atoms with Crippen molar-refractivity contribution in [2.45, 2.75) is 6.92 Å². The van der Waals surface area contributed by atoms with Crippen molar-refractivity contribution in [1.82, 2.24) is 0 Å². The lowest BCUT2D eigenvalue weighted by atomic mass is 10.0. The Morgan fingerprint density at radius 2 is 2.00 bits per heavy atom. The molecule has 0 aromatic heterocycles. The third kappa shape index (κ3) is 2.05. The maximum atomic E-state index is 3.86. The fraction of sp³-hybridized carbons (Fsp3) is 0.231. The van der Waals surface area contributed by atoms with Crippen molar-refractivity contribution in [3.05, 3.63) is 42.0 Å². The van der Waals surface area contributed by atoms with Crippen LogP contribution in [0.4, 0.5) is 5.69 Å². The van der Waals surface area contributed by atoms with Crippen LogP contribution in [-0.4, -0.2) is 14.1 Å². The van der Waals surface area contributed by atoms with E-state index in [0.717, 1.165) is 0 Å². The second-order valence-corrected chi connectivity index (χ2v) is 3.38. The highest BCUT2D eigenvalue weighted by Crippen LogP contribution is 2.24. The summed E-state index contributed by atoms with van der Waals surface area (Å²) < 4.78 is 0. The molecule has 0 saturated carbocycles. The number of hydrogen-bond acceptors (Lipinski definition) is 1. The normalized spacial score (nSPS) is 10.5. The highest BCUT2D eigenvalue weighted by atomic mass is 15.1. The summed E-state index contributed by atoms with van der Waals surface area (Å²) >= 11 is 0. The molecule has 14 heavy (non-hydrogen) atoms. The van der Waals surface area contributed by atoms with Gasteiger partial charge in [-0.1, -0.05) is 36.9 Å². The lowest BCUT2D eigenvalue weighted by Crippen LogP contribution is -2.10. The average Bonchev–Trinajstić information content (AvgIpc) is 2.18. The summed E-state index contributed by atoms with van der Waals surface area (Å²) in [5.41, 5.74) is 3.61. The lowest BCUT2D eigenvalue weighted by Gasteiger charge is -2.17. The SMILES string of the molecule is C=Cc1c(/C=C\C)cccc1N(C)C. The van der Waals surface area contributed by atoms with Gasteiger partial charge in [0, 0.05) is 25.3 Å². The van der Waals surface area contributed by atoms with Crippen LogP contribution in [0.15, 0.2) is 30.9 Å². The van der Waals surface area contributed by atoms with Gasteiger partial charge in [0.05, 0.1) is 0 Å². The molecule has 1 nitrogen and oxygen atoms in total. The number of hydrogen-bond donors (Lipinski definition) is 0. The van der Waals surface area contributed by atoms with Gasteiger partial charge < -0.3 is 4.90 Å². The average molecular weight is 187 g/mol. The van der Waals surface area contributed by atoms with E-state index in [1.165, 1.54) is 16.8 Å². The fourth-order valence-corrected chi connectivity index (χ4v) is 1.51. The molecule has 0 fully saturated rings. The van der Waals surface area contributed by atoms with Gasteiger partial charge in [-0.05, 0) is 18.6 Å². The summed E-state index contributed by atoms with van der Waals surface area (Å²) in [6, 6.07) is 6.27. The molecule has 1 rings (SSSR count). The smallest absolute Gasteiger partial charge is 0.0440 e. The van der Waals surface area contributed by atoms with Crippen molar-refractivity contribution in [2.75, 3.05) is 19.0 Å². The summed E-state index contributed by atoms with van der Waals surface area (Å²) in [4.78, 5) is 2.10. The summed E-state index contributed by atoms with van der Waals surface area (Å²) in [5.74, 6) is 0. The topological polar surface area (TPSA) is 3.24 Å². The maximum absolute atomic E-state index is 3.86. The quantitative estimate of drug-likeness (QED) is 0.700. The third-order valence-electron chi connectivity index (χ3n) is 2.15. The Bertz CT molecular complexity index is 348. The van der Waals surface area contributed by atoms with Gasteiger partial charge >= 0.3 is 0 Å². The molecule has 0 aliphatic rings. The van der Waals surface area contributed by atoms with E-state index in [4.69, 9.17) is 0 Å². The first-order valence-electron chi connectivity index (χ1n) is 4.76. The molecule has 0 bridgehead atoms. The first kappa shape index (κ1) is 10.6. The van der Waals surface area contributed by atoms with E-state index >= 15 is 0 Å². The van der Waals surface area contributed by atoms with Crippen LogP contribution >= 0.6 is 0 Å². The maximum Gasteiger partial charge on any atom is 0.0440 e. The molecule has 0 atom stereocenters. The van der Waals surface area contributed by atoms with Crippen molar-refractivity contribution in [3.8, 4) is 0 Å². The molecule has 0 radical (unpaired) electrons. The molecule has 1 aromatic carbocycles. The molecule has 0 heterocycles. The van der Waals surface area contributed by atoms with Crippen LogP contribution in [0.3, 0.4) is 0 Å². The van der Waals surface area contributed by atoms with Crippen molar-refractivity contribution in [1.29, 1.82) is 0 Å². The predicted molar refractivity (Wildman–Crippen MR) is 65.6 cm³/mol. The van der Waals surface area contributed by atoms with Crippen LogP contribution in [0.2, 0.25) is 0 Å². The molecular formula is C13H17N. The van der Waals surface area contributed by atoms with Gasteiger partial charge in [0.15, 0.2) is 0 Å². The molecule has 0 N–H and O–H groups in total. The van der Waals surface area contributed by atoms with E-state index in [1.54, 1.807) is 0 Å². The van der Waals surface area contributed by atoms with Gasteiger partial charge in [0.25, 0.3) is 0 Å². The largest absolute Gasteiger partial charge is 0.377 e. The van der Waals surface area contributed by atoms with Crippen molar-refractivity contribution in [3.63, 3.8) is 0 Å². The Morgan fingerprint density at radius 1 is 1.29 bits per heavy atom. The van der Waals surface area contributed by atoms with Gasteiger partial charge in [0.2, 0.25) is 0 Å². The number of rotatable bonds is 3. The molecule has 0 amide bonds. The molecule has 0 unspecified atom stereocenters. The second-order valence-electron chi connectivity index (χ2n) is 3.38. The standard InChI is InChI=1S/C13H17N/c1-5-8-11-9-7-10-13(14(3)4)12(11)6-2/h5-10H,2H2,1,3-4H3/b8-5-. The molecule has 1 aromatic rings. The highest BCUT2D eigenvalue weighted by molar-refractivity contribution is 5.75. The Labute approximate surface area is 86.4 Å². The Kier molecular flexibility index (Phi) is 3.52. The minimum Gasteiger partial charge on any atom is -0.377 e. The van der Waals surface area contributed by atoms with Crippen LogP contribution in [0.25, 0.3) is 12.2 Å². The number of anilines is 1. The molecule has 74 valence electrons. The van der Waals surface area contributed by atoms with E-state index in [0.29, 0.717) is 0 Å². The first-order chi connectivity index (χ1) is 6.70. The Balaban J connectivity index is 3.31. The second kappa shape index (κ2) is 4.66. The zero-order valence-electron chi connectivity index (χ0n) is 9.12. The zero-order valence-corrected chi connectivity index (χ0v) is 9.12. The van der Waals surface area contributed by atoms with Crippen molar-refractivity contribution in [2.24, 2.45) is 0 Å². The lowest BCUT2D eigenvalue weighted by molar-refractivity contribution is 1.13. The molecule has 0 aliphatic heterocycles. The summed E-state index contributed by atoms with van der Waals surface area (Å²) in [7, 11) is 4.09. The summed E-state index contributed by atoms with van der Waals surface area (Å²) in [6.45, 7) is 5.88. The number of benzene rings is 1. The Hall–Kier alpha value is -1.50. The minimum absolute atomic E-state index is 1.19. The van der Waals surface area contributed by atoms with E-state index in [2.05, 4.69) is 35.8 Å². The van der Waals surface area contributed by atoms with E-state index < -0.39 is 0 Å². The van der Waals surface area contributed by atoms with Gasteiger partial charge in [0.1, 0.15) is 0 Å². The highest BCUT2D eigenvalue weighted by Gasteiger charge is 2.03. The summed E-state index contributed by atoms with van der Waals surface area (Å²) in [6.07, 6.45) is 6.05. The van der Waals surface area contributed by atoms with Gasteiger partial charge in [-0.2, -0.15) is 0 Å². The van der Waals surface area contributed by atoms with Gasteiger partial charge in [-0.15, -0.1) is 0 Å². The van der Waals surface area contributed by atoms with Crippen LogP contribution in [0.5, 0.6) is 0 Å². The van der Waals surface area contributed by atoms with Crippen LogP contribution in [0.1, 0.15) is 18.1 Å². The monoisotopic (exact) mass is 187 g/mol. The molecule has 0 spiro atoms. The zero-order chi connectivity index (χ0) is 10.6.